The minimum Gasteiger partial charge on any atom is -0.330 e. The highest BCUT2D eigenvalue weighted by atomic mass is 16.1. The maximum atomic E-state index is 11.9. The Hall–Kier alpha value is -1.36. The van der Waals surface area contributed by atoms with Crippen molar-refractivity contribution >= 4 is 11.7 Å². The van der Waals surface area contributed by atoms with Crippen LogP contribution in [0.2, 0.25) is 0 Å². The molecule has 0 aromatic carbocycles. The van der Waals surface area contributed by atoms with Gasteiger partial charge < -0.3 is 11.1 Å². The Morgan fingerprint density at radius 3 is 2.63 bits per heavy atom. The van der Waals surface area contributed by atoms with Gasteiger partial charge in [0.1, 0.15) is 5.82 Å². The van der Waals surface area contributed by atoms with E-state index in [0.717, 1.165) is 18.7 Å². The number of nitrogens with zero attached hydrogens (tertiary/aromatic N) is 2. The first-order valence-electron chi connectivity index (χ1n) is 6.82. The van der Waals surface area contributed by atoms with Crippen molar-refractivity contribution in [1.29, 1.82) is 0 Å². The van der Waals surface area contributed by atoms with Gasteiger partial charge in [0.2, 0.25) is 5.91 Å². The second-order valence-corrected chi connectivity index (χ2v) is 6.07. The number of rotatable bonds is 6. The average molecular weight is 266 g/mol. The van der Waals surface area contributed by atoms with E-state index in [2.05, 4.69) is 31.2 Å². The molecule has 1 amide bonds. The van der Waals surface area contributed by atoms with Crippen molar-refractivity contribution in [1.82, 2.24) is 9.78 Å². The second kappa shape index (κ2) is 6.70. The first-order valence-corrected chi connectivity index (χ1v) is 6.82. The van der Waals surface area contributed by atoms with Crippen LogP contribution in [0.25, 0.3) is 0 Å². The molecule has 0 spiro atoms. The molecule has 0 aliphatic heterocycles. The Kier molecular flexibility index (Phi) is 5.54. The average Bonchev–Trinajstić information content (AvgIpc) is 2.69. The fraction of sp³-hybridized carbons (Fsp3) is 0.714. The molecule has 0 saturated carbocycles. The van der Waals surface area contributed by atoms with Gasteiger partial charge in [0.05, 0.1) is 6.20 Å². The zero-order chi connectivity index (χ0) is 14.5. The van der Waals surface area contributed by atoms with Crippen LogP contribution in [0.1, 0.15) is 40.0 Å². The molecule has 1 unspecified atom stereocenters. The number of hydrogen-bond donors (Lipinski definition) is 2. The summed E-state index contributed by atoms with van der Waals surface area (Å²) in [5.41, 5.74) is 5.84. The van der Waals surface area contributed by atoms with Crippen molar-refractivity contribution in [2.24, 2.45) is 24.1 Å². The molecule has 1 aromatic rings. The molecule has 1 heterocycles. The molecule has 0 fully saturated rings. The molecule has 0 aliphatic rings. The summed E-state index contributed by atoms with van der Waals surface area (Å²) in [5, 5.41) is 6.89. The molecular formula is C14H26N4O. The number of nitrogens with two attached hydrogens (primary N) is 1. The zero-order valence-corrected chi connectivity index (χ0v) is 12.4. The molecule has 5 nitrogen and oxygen atoms in total. The summed E-state index contributed by atoms with van der Waals surface area (Å²) in [5.74, 6) is 1.24. The summed E-state index contributed by atoms with van der Waals surface area (Å²) in [7, 11) is 1.81. The molecule has 1 aromatic heterocycles. The van der Waals surface area contributed by atoms with Gasteiger partial charge >= 0.3 is 0 Å². The standard InChI is InChI=1S/C14H26N4O/c1-14(2,3)11(7-9-15)5-6-13(19)17-12-8-10-16-18(12)4/h8,10-11H,5-7,9,15H2,1-4H3,(H,17,19). The second-order valence-electron chi connectivity index (χ2n) is 6.07. The van der Waals surface area contributed by atoms with Crippen LogP contribution < -0.4 is 11.1 Å². The van der Waals surface area contributed by atoms with Crippen LogP contribution in [0, 0.1) is 11.3 Å². The van der Waals surface area contributed by atoms with Crippen LogP contribution in [-0.2, 0) is 11.8 Å². The summed E-state index contributed by atoms with van der Waals surface area (Å²) in [4.78, 5) is 11.9. The number of carbonyl (C=O) groups is 1. The molecule has 0 saturated heterocycles. The van der Waals surface area contributed by atoms with Crippen molar-refractivity contribution in [3.05, 3.63) is 12.3 Å². The summed E-state index contributed by atoms with van der Waals surface area (Å²) < 4.78 is 1.65. The minimum atomic E-state index is 0.0369. The van der Waals surface area contributed by atoms with E-state index < -0.39 is 0 Å². The maximum Gasteiger partial charge on any atom is 0.225 e. The third kappa shape index (κ3) is 5.03. The lowest BCUT2D eigenvalue weighted by Crippen LogP contribution is -2.25. The van der Waals surface area contributed by atoms with E-state index in [1.165, 1.54) is 0 Å². The Bertz CT molecular complexity index is 406. The predicted octanol–water partition coefficient (Wildman–Crippen LogP) is 2.15. The lowest BCUT2D eigenvalue weighted by Gasteiger charge is -2.30. The van der Waals surface area contributed by atoms with Crippen molar-refractivity contribution in [2.75, 3.05) is 11.9 Å². The Morgan fingerprint density at radius 1 is 1.47 bits per heavy atom. The summed E-state index contributed by atoms with van der Waals surface area (Å²) in [6.45, 7) is 7.27. The van der Waals surface area contributed by atoms with E-state index in [-0.39, 0.29) is 11.3 Å². The number of aromatic nitrogens is 2. The lowest BCUT2D eigenvalue weighted by atomic mass is 9.76. The van der Waals surface area contributed by atoms with Gasteiger partial charge in [-0.25, -0.2) is 0 Å². The number of anilines is 1. The Morgan fingerprint density at radius 2 is 2.16 bits per heavy atom. The highest BCUT2D eigenvalue weighted by Gasteiger charge is 2.24. The SMILES string of the molecule is Cn1nccc1NC(=O)CCC(CCN)C(C)(C)C. The van der Waals surface area contributed by atoms with E-state index in [0.29, 0.717) is 18.9 Å². The Balaban J connectivity index is 2.46. The molecule has 3 N–H and O–H groups in total. The molecule has 1 rings (SSSR count). The van der Waals surface area contributed by atoms with Gasteiger partial charge in [0.15, 0.2) is 0 Å². The highest BCUT2D eigenvalue weighted by molar-refractivity contribution is 5.89. The third-order valence-electron chi connectivity index (χ3n) is 3.55. The smallest absolute Gasteiger partial charge is 0.225 e. The fourth-order valence-electron chi connectivity index (χ4n) is 2.22. The summed E-state index contributed by atoms with van der Waals surface area (Å²) in [6.07, 6.45) is 4.02. The zero-order valence-electron chi connectivity index (χ0n) is 12.4. The normalized spacial score (nSPS) is 13.3. The van der Waals surface area contributed by atoms with Gasteiger partial charge in [-0.1, -0.05) is 20.8 Å². The van der Waals surface area contributed by atoms with Gasteiger partial charge in [-0.05, 0) is 30.7 Å². The molecule has 19 heavy (non-hydrogen) atoms. The molecule has 108 valence electrons. The molecule has 5 heteroatoms. The minimum absolute atomic E-state index is 0.0369. The van der Waals surface area contributed by atoms with Crippen LogP contribution in [0.5, 0.6) is 0 Å². The van der Waals surface area contributed by atoms with Crippen molar-refractivity contribution in [2.45, 2.75) is 40.0 Å². The number of amides is 1. The van der Waals surface area contributed by atoms with Gasteiger partial charge in [0.25, 0.3) is 0 Å². The largest absolute Gasteiger partial charge is 0.330 e. The van der Waals surface area contributed by atoms with E-state index in [4.69, 9.17) is 5.73 Å². The van der Waals surface area contributed by atoms with Crippen molar-refractivity contribution in [3.63, 3.8) is 0 Å². The van der Waals surface area contributed by atoms with Crippen LogP contribution in [0.4, 0.5) is 5.82 Å². The topological polar surface area (TPSA) is 72.9 Å². The number of carbonyl (C=O) groups excluding carboxylic acids is 1. The van der Waals surface area contributed by atoms with E-state index in [9.17, 15) is 4.79 Å². The number of nitrogens with one attached hydrogen (secondary N) is 1. The van der Waals surface area contributed by atoms with E-state index in [1.807, 2.05) is 7.05 Å². The van der Waals surface area contributed by atoms with Crippen LogP contribution in [0.15, 0.2) is 12.3 Å². The predicted molar refractivity (Wildman–Crippen MR) is 77.7 cm³/mol. The number of hydrogen-bond acceptors (Lipinski definition) is 3. The van der Waals surface area contributed by atoms with Gasteiger partial charge in [-0.3, -0.25) is 9.48 Å². The fourth-order valence-corrected chi connectivity index (χ4v) is 2.22. The summed E-state index contributed by atoms with van der Waals surface area (Å²) in [6, 6.07) is 1.79. The van der Waals surface area contributed by atoms with Gasteiger partial charge in [0, 0.05) is 19.5 Å². The first kappa shape index (κ1) is 15.7. The van der Waals surface area contributed by atoms with Crippen LogP contribution in [0.3, 0.4) is 0 Å². The van der Waals surface area contributed by atoms with E-state index in [1.54, 1.807) is 16.9 Å². The monoisotopic (exact) mass is 266 g/mol. The highest BCUT2D eigenvalue weighted by Crippen LogP contribution is 2.32. The lowest BCUT2D eigenvalue weighted by molar-refractivity contribution is -0.116. The number of aryl methyl sites for hydroxylation is 1. The molecule has 1 atom stereocenters. The van der Waals surface area contributed by atoms with Crippen molar-refractivity contribution in [3.8, 4) is 0 Å². The van der Waals surface area contributed by atoms with Crippen LogP contribution in [-0.4, -0.2) is 22.2 Å². The molecular weight excluding hydrogens is 240 g/mol. The quantitative estimate of drug-likeness (QED) is 0.828. The Labute approximate surface area is 115 Å². The van der Waals surface area contributed by atoms with Gasteiger partial charge in [-0.2, -0.15) is 5.10 Å². The molecule has 0 bridgehead atoms. The van der Waals surface area contributed by atoms with Crippen LogP contribution >= 0.6 is 0 Å². The first-order chi connectivity index (χ1) is 8.84. The van der Waals surface area contributed by atoms with Gasteiger partial charge in [-0.15, -0.1) is 0 Å². The third-order valence-corrected chi connectivity index (χ3v) is 3.55. The van der Waals surface area contributed by atoms with Crippen molar-refractivity contribution < 1.29 is 4.79 Å². The summed E-state index contributed by atoms with van der Waals surface area (Å²) >= 11 is 0. The molecule has 0 aliphatic carbocycles. The molecule has 0 radical (unpaired) electrons. The maximum absolute atomic E-state index is 11.9. The van der Waals surface area contributed by atoms with E-state index >= 15 is 0 Å².